The summed E-state index contributed by atoms with van der Waals surface area (Å²) in [5.74, 6) is -0.901. The Morgan fingerprint density at radius 1 is 1.19 bits per heavy atom. The Hall–Kier alpha value is -1.94. The van der Waals surface area contributed by atoms with Crippen LogP contribution in [0.25, 0.3) is 0 Å². The molecule has 1 aromatic carbocycles. The summed E-state index contributed by atoms with van der Waals surface area (Å²) < 4.78 is 13.1. The third-order valence-electron chi connectivity index (χ3n) is 3.13. The van der Waals surface area contributed by atoms with Crippen molar-refractivity contribution in [3.63, 3.8) is 0 Å². The molecule has 1 unspecified atom stereocenters. The molecule has 0 saturated carbocycles. The Labute approximate surface area is 128 Å². The van der Waals surface area contributed by atoms with Gasteiger partial charge in [0, 0.05) is 5.02 Å². The molecule has 1 atom stereocenters. The fraction of sp³-hybridized carbons (Fsp3) is 0.250. The van der Waals surface area contributed by atoms with E-state index in [2.05, 4.69) is 10.3 Å². The number of benzene rings is 1. The molecule has 0 spiro atoms. The van der Waals surface area contributed by atoms with Crippen molar-refractivity contribution in [3.05, 3.63) is 64.7 Å². The van der Waals surface area contributed by atoms with Crippen LogP contribution in [0.2, 0.25) is 5.02 Å². The number of aromatic nitrogens is 1. The summed E-state index contributed by atoms with van der Waals surface area (Å²) in [4.78, 5) is 15.8. The second-order valence-electron chi connectivity index (χ2n) is 5.09. The third-order valence-corrected chi connectivity index (χ3v) is 3.38. The van der Waals surface area contributed by atoms with Gasteiger partial charge in [-0.1, -0.05) is 43.6 Å². The summed E-state index contributed by atoms with van der Waals surface area (Å²) in [6.07, 6.45) is 0. The van der Waals surface area contributed by atoms with Gasteiger partial charge >= 0.3 is 0 Å². The van der Waals surface area contributed by atoms with Gasteiger partial charge in [0.2, 0.25) is 5.95 Å². The molecule has 0 aliphatic heterocycles. The van der Waals surface area contributed by atoms with Crippen molar-refractivity contribution < 1.29 is 9.18 Å². The molecule has 110 valence electrons. The van der Waals surface area contributed by atoms with Crippen molar-refractivity contribution in [3.8, 4) is 0 Å². The van der Waals surface area contributed by atoms with E-state index in [1.54, 1.807) is 12.1 Å². The Balaban J connectivity index is 2.20. The molecule has 0 radical (unpaired) electrons. The highest BCUT2D eigenvalue weighted by Gasteiger charge is 2.20. The van der Waals surface area contributed by atoms with E-state index < -0.39 is 11.9 Å². The molecule has 2 aromatic rings. The summed E-state index contributed by atoms with van der Waals surface area (Å²) >= 11 is 5.88. The Morgan fingerprint density at radius 3 is 2.43 bits per heavy atom. The van der Waals surface area contributed by atoms with Gasteiger partial charge in [0.15, 0.2) is 0 Å². The highest BCUT2D eigenvalue weighted by atomic mass is 35.5. The number of amides is 1. The van der Waals surface area contributed by atoms with E-state index in [1.165, 1.54) is 18.2 Å². The number of nitrogens with one attached hydrogen (secondary N) is 1. The lowest BCUT2D eigenvalue weighted by atomic mass is 9.96. The molecule has 0 saturated heterocycles. The minimum absolute atomic E-state index is 0.0645. The topological polar surface area (TPSA) is 42.0 Å². The van der Waals surface area contributed by atoms with Crippen LogP contribution in [0.1, 0.15) is 35.9 Å². The van der Waals surface area contributed by atoms with Gasteiger partial charge in [0.05, 0.1) is 6.04 Å². The van der Waals surface area contributed by atoms with Crippen LogP contribution in [0.4, 0.5) is 4.39 Å². The lowest BCUT2D eigenvalue weighted by molar-refractivity contribution is 0.0919. The average molecular weight is 307 g/mol. The van der Waals surface area contributed by atoms with Crippen LogP contribution < -0.4 is 5.32 Å². The first kappa shape index (κ1) is 15.4. The van der Waals surface area contributed by atoms with Crippen molar-refractivity contribution in [2.24, 2.45) is 5.92 Å². The first-order valence-corrected chi connectivity index (χ1v) is 7.04. The Bertz CT molecular complexity index is 628. The van der Waals surface area contributed by atoms with Crippen LogP contribution >= 0.6 is 11.6 Å². The molecule has 0 fully saturated rings. The van der Waals surface area contributed by atoms with E-state index in [4.69, 9.17) is 11.6 Å². The molecule has 1 amide bonds. The summed E-state index contributed by atoms with van der Waals surface area (Å²) in [5, 5.41) is 3.52. The second-order valence-corrected chi connectivity index (χ2v) is 5.53. The molecule has 2 rings (SSSR count). The van der Waals surface area contributed by atoms with Crippen LogP contribution in [0.15, 0.2) is 42.5 Å². The molecule has 1 N–H and O–H groups in total. The largest absolute Gasteiger partial charge is 0.344 e. The molecule has 1 aromatic heterocycles. The van der Waals surface area contributed by atoms with Crippen molar-refractivity contribution in [2.75, 3.05) is 0 Å². The molecular formula is C16H16ClFN2O. The van der Waals surface area contributed by atoms with Crippen molar-refractivity contribution >= 4 is 17.5 Å². The standard InChI is InChI=1S/C16H16ClFN2O/c1-10(2)15(11-6-8-12(17)9-7-11)20-16(21)13-4-3-5-14(18)19-13/h3-10,15H,1-2H3,(H,20,21). The van der Waals surface area contributed by atoms with Gasteiger partial charge in [-0.3, -0.25) is 4.79 Å². The van der Waals surface area contributed by atoms with Gasteiger partial charge < -0.3 is 5.32 Å². The van der Waals surface area contributed by atoms with Crippen LogP contribution in [0, 0.1) is 11.9 Å². The molecule has 0 aliphatic rings. The number of hydrogen-bond donors (Lipinski definition) is 1. The maximum Gasteiger partial charge on any atom is 0.270 e. The lowest BCUT2D eigenvalue weighted by Gasteiger charge is -2.22. The lowest BCUT2D eigenvalue weighted by Crippen LogP contribution is -2.32. The maximum atomic E-state index is 13.1. The minimum Gasteiger partial charge on any atom is -0.344 e. The van der Waals surface area contributed by atoms with Crippen molar-refractivity contribution in [1.29, 1.82) is 0 Å². The number of hydrogen-bond acceptors (Lipinski definition) is 2. The predicted molar refractivity (Wildman–Crippen MR) is 80.7 cm³/mol. The van der Waals surface area contributed by atoms with Gasteiger partial charge in [0.25, 0.3) is 5.91 Å². The van der Waals surface area contributed by atoms with E-state index in [0.29, 0.717) is 5.02 Å². The predicted octanol–water partition coefficient (Wildman–Crippen LogP) is 4.00. The first-order valence-electron chi connectivity index (χ1n) is 6.66. The molecule has 1 heterocycles. The molecule has 5 heteroatoms. The highest BCUT2D eigenvalue weighted by molar-refractivity contribution is 6.30. The highest BCUT2D eigenvalue weighted by Crippen LogP contribution is 2.23. The maximum absolute atomic E-state index is 13.1. The zero-order valence-corrected chi connectivity index (χ0v) is 12.6. The van der Waals surface area contributed by atoms with Crippen LogP contribution in [0.5, 0.6) is 0 Å². The number of halogens is 2. The summed E-state index contributed by atoms with van der Waals surface area (Å²) in [6.45, 7) is 4.00. The smallest absolute Gasteiger partial charge is 0.270 e. The first-order chi connectivity index (χ1) is 9.97. The zero-order valence-electron chi connectivity index (χ0n) is 11.8. The van der Waals surface area contributed by atoms with Gasteiger partial charge in [-0.15, -0.1) is 0 Å². The Kier molecular flexibility index (Phi) is 4.91. The van der Waals surface area contributed by atoms with E-state index in [-0.39, 0.29) is 17.7 Å². The van der Waals surface area contributed by atoms with Gasteiger partial charge in [-0.05, 0) is 35.7 Å². The van der Waals surface area contributed by atoms with Crippen molar-refractivity contribution in [1.82, 2.24) is 10.3 Å². The summed E-state index contributed by atoms with van der Waals surface area (Å²) in [7, 11) is 0. The quantitative estimate of drug-likeness (QED) is 0.867. The van der Waals surface area contributed by atoms with Crippen molar-refractivity contribution in [2.45, 2.75) is 19.9 Å². The molecular weight excluding hydrogens is 291 g/mol. The summed E-state index contributed by atoms with van der Waals surface area (Å²) in [5.41, 5.74) is 1.01. The fourth-order valence-corrected chi connectivity index (χ4v) is 2.18. The third kappa shape index (κ3) is 4.02. The van der Waals surface area contributed by atoms with E-state index in [0.717, 1.165) is 5.56 Å². The minimum atomic E-state index is -0.671. The monoisotopic (exact) mass is 306 g/mol. The second kappa shape index (κ2) is 6.68. The number of rotatable bonds is 4. The van der Waals surface area contributed by atoms with Gasteiger partial charge in [-0.2, -0.15) is 4.39 Å². The van der Waals surface area contributed by atoms with Crippen LogP contribution in [0.3, 0.4) is 0 Å². The normalized spacial score (nSPS) is 12.2. The number of nitrogens with zero attached hydrogens (tertiary/aromatic N) is 1. The number of carbonyl (C=O) groups excluding carboxylic acids is 1. The SMILES string of the molecule is CC(C)C(NC(=O)c1cccc(F)n1)c1ccc(Cl)cc1. The number of pyridine rings is 1. The molecule has 0 bridgehead atoms. The van der Waals surface area contributed by atoms with E-state index >= 15 is 0 Å². The number of carbonyl (C=O) groups is 1. The van der Waals surface area contributed by atoms with Gasteiger partial charge in [-0.25, -0.2) is 4.98 Å². The van der Waals surface area contributed by atoms with E-state index in [1.807, 2.05) is 26.0 Å². The van der Waals surface area contributed by atoms with E-state index in [9.17, 15) is 9.18 Å². The zero-order chi connectivity index (χ0) is 15.4. The van der Waals surface area contributed by atoms with Crippen LogP contribution in [-0.2, 0) is 0 Å². The molecule has 3 nitrogen and oxygen atoms in total. The molecule has 21 heavy (non-hydrogen) atoms. The average Bonchev–Trinajstić information content (AvgIpc) is 2.45. The summed E-state index contributed by atoms with van der Waals surface area (Å²) in [6, 6.07) is 11.2. The molecule has 0 aliphatic carbocycles. The fourth-order valence-electron chi connectivity index (χ4n) is 2.05. The van der Waals surface area contributed by atoms with Gasteiger partial charge in [0.1, 0.15) is 5.69 Å². The Morgan fingerprint density at radius 2 is 1.86 bits per heavy atom. The van der Waals surface area contributed by atoms with Crippen LogP contribution in [-0.4, -0.2) is 10.9 Å².